The molecule has 0 saturated carbocycles. The van der Waals surface area contributed by atoms with Gasteiger partial charge < -0.3 is 102 Å². The predicted molar refractivity (Wildman–Crippen MR) is 363 cm³/mol. The van der Waals surface area contributed by atoms with E-state index >= 15 is 0 Å². The average Bonchev–Trinajstić information content (AvgIpc) is 0.903. The molecule has 4 aromatic carbocycles. The van der Waals surface area contributed by atoms with Gasteiger partial charge >= 0.3 is 0 Å². The fourth-order valence-corrected chi connectivity index (χ4v) is 9.77. The summed E-state index contributed by atoms with van der Waals surface area (Å²) in [6, 6.07) is 15.0. The van der Waals surface area contributed by atoms with Gasteiger partial charge in [0.2, 0.25) is 65.0 Å². The molecule has 0 saturated heterocycles. The van der Waals surface area contributed by atoms with Crippen LogP contribution < -0.4 is 92.1 Å². The first kappa shape index (κ1) is 78.9. The zero-order valence-corrected chi connectivity index (χ0v) is 55.1. The molecule has 10 atom stereocenters. The highest BCUT2D eigenvalue weighted by Crippen LogP contribution is 2.16. The van der Waals surface area contributed by atoms with Gasteiger partial charge in [0.1, 0.15) is 71.9 Å². The quantitative estimate of drug-likeness (QED) is 0.0117. The Labute approximate surface area is 566 Å². The summed E-state index contributed by atoms with van der Waals surface area (Å²) >= 11 is 0. The van der Waals surface area contributed by atoms with E-state index in [2.05, 4.69) is 69.1 Å². The second-order valence-corrected chi connectivity index (χ2v) is 23.3. The largest absolute Gasteiger partial charge is 0.508 e. The maximum Gasteiger partial charge on any atom is 0.243 e. The Kier molecular flexibility index (Phi) is 32.7. The Morgan fingerprint density at radius 2 is 0.582 bits per heavy atom. The molecule has 98 heavy (non-hydrogen) atoms. The number of guanidine groups is 3. The Morgan fingerprint density at radius 3 is 0.898 bits per heavy atom. The molecule has 0 unspecified atom stereocenters. The Balaban J connectivity index is 1.54. The number of benzene rings is 4. The van der Waals surface area contributed by atoms with Crippen molar-refractivity contribution in [1.82, 2.24) is 69.1 Å². The summed E-state index contributed by atoms with van der Waals surface area (Å²) in [4.78, 5) is 152. The van der Waals surface area contributed by atoms with Gasteiger partial charge in [0.05, 0.1) is 0 Å². The molecule has 0 aliphatic heterocycles. The number of amides is 11. The molecule has 0 heterocycles. The number of nitrogens with two attached hydrogens (primary N) is 4. The van der Waals surface area contributed by atoms with Crippen LogP contribution in [0.15, 0.2) is 109 Å². The summed E-state index contributed by atoms with van der Waals surface area (Å²) in [5.41, 5.74) is 23.8. The van der Waals surface area contributed by atoms with Crippen LogP contribution in [0.2, 0.25) is 0 Å². The molecule has 0 aromatic heterocycles. The molecule has 11 amide bonds. The summed E-state index contributed by atoms with van der Waals surface area (Å²) in [5, 5.41) is 76.2. The molecule has 4 rings (SSSR count). The molecule has 0 spiro atoms. The molecule has 0 fully saturated rings. The van der Waals surface area contributed by atoms with E-state index in [1.165, 1.54) is 76.2 Å². The van der Waals surface area contributed by atoms with Gasteiger partial charge in [0.25, 0.3) is 0 Å². The number of rotatable bonds is 40. The van der Waals surface area contributed by atoms with Crippen molar-refractivity contribution in [3.63, 3.8) is 0 Å². The summed E-state index contributed by atoms with van der Waals surface area (Å²) in [7, 11) is 0. The van der Waals surface area contributed by atoms with Gasteiger partial charge in [-0.25, -0.2) is 0 Å². The van der Waals surface area contributed by atoms with Crippen molar-refractivity contribution in [3.05, 3.63) is 131 Å². The number of nitrogens with one attached hydrogen (secondary N) is 16. The second-order valence-electron chi connectivity index (χ2n) is 23.3. The topological polar surface area (TPSA) is 560 Å². The lowest BCUT2D eigenvalue weighted by Gasteiger charge is -2.27. The molecule has 0 aliphatic carbocycles. The average molecular weight is 1360 g/mol. The first-order valence-corrected chi connectivity index (χ1v) is 31.6. The molecule has 4 aromatic rings. The normalized spacial score (nSPS) is 13.8. The molecule has 530 valence electrons. The van der Waals surface area contributed by atoms with Crippen LogP contribution in [0.5, 0.6) is 11.5 Å². The molecular weight excluding hydrogens is 1270 g/mol. The minimum atomic E-state index is -1.47. The van der Waals surface area contributed by atoms with E-state index in [-0.39, 0.29) is 113 Å². The molecule has 33 heteroatoms. The van der Waals surface area contributed by atoms with Crippen molar-refractivity contribution >= 4 is 82.9 Å². The maximum atomic E-state index is 14.6. The number of aromatic hydroxyl groups is 2. The predicted octanol–water partition coefficient (Wildman–Crippen LogP) is -3.43. The van der Waals surface area contributed by atoms with E-state index in [0.29, 0.717) is 22.3 Å². The lowest BCUT2D eigenvalue weighted by Crippen LogP contribution is -2.60. The number of phenolic OH excluding ortho intramolecular Hbond substituents is 2. The van der Waals surface area contributed by atoms with Crippen molar-refractivity contribution in [2.24, 2.45) is 22.9 Å². The van der Waals surface area contributed by atoms with Crippen LogP contribution in [-0.2, 0) is 78.4 Å². The van der Waals surface area contributed by atoms with Gasteiger partial charge in [0, 0.05) is 52.2 Å². The van der Waals surface area contributed by atoms with Crippen molar-refractivity contribution in [2.75, 3.05) is 19.6 Å². The smallest absolute Gasteiger partial charge is 0.243 e. The van der Waals surface area contributed by atoms with Gasteiger partial charge in [-0.2, -0.15) is 0 Å². The number of hydrogen-bond acceptors (Lipinski definition) is 16. The zero-order valence-electron chi connectivity index (χ0n) is 55.1. The van der Waals surface area contributed by atoms with Crippen LogP contribution in [0.4, 0.5) is 0 Å². The summed E-state index contributed by atoms with van der Waals surface area (Å²) in [6.45, 7) is 5.67. The van der Waals surface area contributed by atoms with Crippen molar-refractivity contribution in [2.45, 2.75) is 152 Å². The monoisotopic (exact) mass is 1360 g/mol. The summed E-state index contributed by atoms with van der Waals surface area (Å²) in [5.74, 6) is -10.2. The third-order valence-corrected chi connectivity index (χ3v) is 15.0. The van der Waals surface area contributed by atoms with E-state index in [9.17, 15) is 63.0 Å². The standard InChI is InChI=1S/C65H92N20O13/c1-36(77-60(96)50(34-42-21-25-44(87)26-22-42)85-62(98)52(35-43-23-27-45(88)28-24-43)83-57(93)47(79-39(4)86)19-12-30-74-64(69)70)54(90)76-37(2)56(92)82-51(33-41-16-9-6-10-17-41)61(97)84-49(32-40-14-7-5-8-15-40)59(95)78-38(3)55(91)81-48(20-13-31-75-65(71)72)58(94)80-46(53(66)89)18-11-29-73-63(67)68/h5-10,14-17,21-28,36-38,46-52,87-88H,11-13,18-20,29-35H2,1-4H3,(H2,66,89)(H,76,90)(H,77,96)(H,78,95)(H,79,86)(H,80,94)(H,81,91)(H,82,92)(H,83,93)(H,84,97)(H,85,98)(H4,67,68,73)(H4,69,70,74)(H4,71,72,75)/t36-,37-,38-,46-,47-,48-,49-,50-,51-,52-/m0/s1. The first-order valence-electron chi connectivity index (χ1n) is 31.6. The number of hydrogen-bond donors (Lipinski definition) is 22. The van der Waals surface area contributed by atoms with Crippen molar-refractivity contribution in [3.8, 4) is 11.5 Å². The highest BCUT2D eigenvalue weighted by atomic mass is 16.3. The van der Waals surface area contributed by atoms with Crippen LogP contribution in [0.3, 0.4) is 0 Å². The highest BCUT2D eigenvalue weighted by Gasteiger charge is 2.35. The van der Waals surface area contributed by atoms with Crippen LogP contribution in [-0.4, -0.2) is 173 Å². The molecule has 0 aliphatic rings. The maximum absolute atomic E-state index is 14.6. The van der Waals surface area contributed by atoms with Crippen LogP contribution in [0.1, 0.15) is 88.5 Å². The fourth-order valence-electron chi connectivity index (χ4n) is 9.77. The highest BCUT2D eigenvalue weighted by molar-refractivity contribution is 5.99. The van der Waals surface area contributed by atoms with Gasteiger partial charge in [0.15, 0.2) is 17.9 Å². The summed E-state index contributed by atoms with van der Waals surface area (Å²) < 4.78 is 0. The van der Waals surface area contributed by atoms with Crippen LogP contribution in [0.25, 0.3) is 0 Å². The van der Waals surface area contributed by atoms with E-state index < -0.39 is 125 Å². The van der Waals surface area contributed by atoms with Gasteiger partial charge in [-0.3, -0.25) is 69.0 Å². The van der Waals surface area contributed by atoms with E-state index in [1.54, 1.807) is 60.7 Å². The van der Waals surface area contributed by atoms with Crippen LogP contribution >= 0.6 is 0 Å². The van der Waals surface area contributed by atoms with Gasteiger partial charge in [-0.05, 0) is 106 Å². The zero-order chi connectivity index (χ0) is 72.4. The van der Waals surface area contributed by atoms with Crippen molar-refractivity contribution < 1.29 is 63.0 Å². The number of carbonyl (C=O) groups is 11. The van der Waals surface area contributed by atoms with E-state index in [1.807, 2.05) is 0 Å². The van der Waals surface area contributed by atoms with Crippen LogP contribution in [0, 0.1) is 16.2 Å². The van der Waals surface area contributed by atoms with E-state index in [0.717, 1.165) is 0 Å². The third kappa shape index (κ3) is 29.4. The second kappa shape index (κ2) is 40.7. The number of carbonyl (C=O) groups excluding carboxylic acids is 11. The SMILES string of the molecule is CC(=O)N[C@@H](CCCNC(=N)N)C(=O)N[C@@H](Cc1ccc(O)cc1)C(=O)N[C@@H](Cc1ccc(O)cc1)C(=O)N[C@@H](C)C(=O)N[C@@H](C)C(=O)N[C@@H](Cc1ccccc1)C(=O)N[C@@H](Cc1ccccc1)C(=O)N[C@@H](C)C(=O)N[C@@H](CCCNC(=N)N)C(=O)N[C@@H](CCCNC(=N)N)C(N)=O. The molecule has 0 radical (unpaired) electrons. The third-order valence-electron chi connectivity index (χ3n) is 15.0. The lowest BCUT2D eigenvalue weighted by molar-refractivity contribution is -0.135. The number of primary amides is 1. The Morgan fingerprint density at radius 1 is 0.337 bits per heavy atom. The van der Waals surface area contributed by atoms with E-state index in [4.69, 9.17) is 39.2 Å². The molecule has 26 N–H and O–H groups in total. The lowest BCUT2D eigenvalue weighted by atomic mass is 10.0. The minimum Gasteiger partial charge on any atom is -0.508 e. The summed E-state index contributed by atoms with van der Waals surface area (Å²) in [6.07, 6.45) is 0.157. The first-order chi connectivity index (χ1) is 46.5. The van der Waals surface area contributed by atoms with Crippen molar-refractivity contribution in [1.29, 1.82) is 16.2 Å². The molecular formula is C65H92N20O13. The van der Waals surface area contributed by atoms with Gasteiger partial charge in [-0.1, -0.05) is 84.9 Å². The molecule has 0 bridgehead atoms. The minimum absolute atomic E-state index is 0.0348. The molecule has 33 nitrogen and oxygen atoms in total. The fraction of sp³-hybridized carbons (Fsp3) is 0.415. The number of phenols is 2. The Bertz CT molecular complexity index is 3380. The van der Waals surface area contributed by atoms with Gasteiger partial charge in [-0.15, -0.1) is 0 Å². The Hall–Kier alpha value is -11.5.